The summed E-state index contributed by atoms with van der Waals surface area (Å²) in [5.74, 6) is 1.91. The highest BCUT2D eigenvalue weighted by atomic mass is 79.9. The van der Waals surface area contributed by atoms with E-state index in [1.54, 1.807) is 0 Å². The molecule has 3 heteroatoms. The van der Waals surface area contributed by atoms with Crippen LogP contribution < -0.4 is 5.32 Å². The van der Waals surface area contributed by atoms with Crippen LogP contribution in [0.15, 0.2) is 28.7 Å². The third kappa shape index (κ3) is 4.79. The molecule has 0 fully saturated rings. The lowest BCUT2D eigenvalue weighted by atomic mass is 10.2. The number of para-hydroxylation sites is 1. The second kappa shape index (κ2) is 7.23. The van der Waals surface area contributed by atoms with Gasteiger partial charge in [0.15, 0.2) is 0 Å². The summed E-state index contributed by atoms with van der Waals surface area (Å²) in [4.78, 5) is 0. The van der Waals surface area contributed by atoms with Crippen LogP contribution in [-0.2, 0) is 0 Å². The van der Waals surface area contributed by atoms with Crippen LogP contribution in [0.1, 0.15) is 20.8 Å². The number of hydrogen-bond donors (Lipinski definition) is 1. The van der Waals surface area contributed by atoms with E-state index >= 15 is 0 Å². The van der Waals surface area contributed by atoms with Gasteiger partial charge in [0, 0.05) is 27.7 Å². The molecule has 1 unspecified atom stereocenters. The van der Waals surface area contributed by atoms with E-state index in [1.165, 1.54) is 5.69 Å². The molecule has 1 aromatic carbocycles. The molecule has 1 atom stereocenters. The zero-order chi connectivity index (χ0) is 12.0. The summed E-state index contributed by atoms with van der Waals surface area (Å²) < 4.78 is 1.14. The van der Waals surface area contributed by atoms with Gasteiger partial charge >= 0.3 is 0 Å². The lowest BCUT2D eigenvalue weighted by Crippen LogP contribution is -2.11. The van der Waals surface area contributed by atoms with Gasteiger partial charge in [0.25, 0.3) is 0 Å². The molecule has 0 bridgehead atoms. The normalized spacial score (nSPS) is 12.8. The molecule has 0 saturated carbocycles. The molecule has 1 N–H and O–H groups in total. The minimum Gasteiger partial charge on any atom is -0.383 e. The third-order valence-electron chi connectivity index (χ3n) is 2.61. The van der Waals surface area contributed by atoms with E-state index in [9.17, 15) is 0 Å². The Bertz CT molecular complexity index is 315. The van der Waals surface area contributed by atoms with E-state index in [1.807, 2.05) is 17.8 Å². The van der Waals surface area contributed by atoms with Crippen molar-refractivity contribution in [2.45, 2.75) is 26.0 Å². The summed E-state index contributed by atoms with van der Waals surface area (Å²) in [5, 5.41) is 4.18. The largest absolute Gasteiger partial charge is 0.383 e. The number of benzene rings is 1. The predicted molar refractivity (Wildman–Crippen MR) is 79.4 cm³/mol. The van der Waals surface area contributed by atoms with Gasteiger partial charge in [0.1, 0.15) is 0 Å². The van der Waals surface area contributed by atoms with Gasteiger partial charge in [-0.2, -0.15) is 11.8 Å². The van der Waals surface area contributed by atoms with Gasteiger partial charge in [-0.05, 0) is 34.0 Å². The number of halogens is 1. The van der Waals surface area contributed by atoms with Gasteiger partial charge in [0.2, 0.25) is 0 Å². The Morgan fingerprint density at radius 3 is 2.56 bits per heavy atom. The second-order valence-electron chi connectivity index (χ2n) is 4.23. The summed E-state index contributed by atoms with van der Waals surface area (Å²) in [6.45, 7) is 7.87. The molecule has 1 aromatic rings. The molecule has 0 radical (unpaired) electrons. The quantitative estimate of drug-likeness (QED) is 0.768. The van der Waals surface area contributed by atoms with Gasteiger partial charge in [-0.15, -0.1) is 0 Å². The standard InChI is InChI=1S/C13H20BrNS/c1-10(2)11(3)16-9-8-15-13-7-5-4-6-12(13)14/h4-7,10-11,15H,8-9H2,1-3H3. The van der Waals surface area contributed by atoms with Crippen molar-refractivity contribution in [3.63, 3.8) is 0 Å². The molecule has 0 saturated heterocycles. The molecular formula is C13H20BrNS. The van der Waals surface area contributed by atoms with E-state index < -0.39 is 0 Å². The lowest BCUT2D eigenvalue weighted by molar-refractivity contribution is 0.642. The molecule has 90 valence electrons. The van der Waals surface area contributed by atoms with E-state index in [-0.39, 0.29) is 0 Å². The van der Waals surface area contributed by atoms with Crippen molar-refractivity contribution in [2.75, 3.05) is 17.6 Å². The molecule has 0 amide bonds. The summed E-state index contributed by atoms with van der Waals surface area (Å²) >= 11 is 5.56. The van der Waals surface area contributed by atoms with Gasteiger partial charge in [-0.25, -0.2) is 0 Å². The SMILES string of the molecule is CC(C)C(C)SCCNc1ccccc1Br. The molecule has 0 aliphatic carbocycles. The predicted octanol–water partition coefficient (Wildman–Crippen LogP) is 4.64. The van der Waals surface area contributed by atoms with E-state index in [0.717, 1.165) is 27.9 Å². The minimum atomic E-state index is 0.737. The Labute approximate surface area is 112 Å². The molecule has 1 nitrogen and oxygen atoms in total. The first kappa shape index (κ1) is 13.9. The van der Waals surface area contributed by atoms with Crippen LogP contribution >= 0.6 is 27.7 Å². The topological polar surface area (TPSA) is 12.0 Å². The lowest BCUT2D eigenvalue weighted by Gasteiger charge is -2.15. The van der Waals surface area contributed by atoms with E-state index in [2.05, 4.69) is 60.2 Å². The van der Waals surface area contributed by atoms with Crippen LogP contribution in [0.25, 0.3) is 0 Å². The summed E-state index contributed by atoms with van der Waals surface area (Å²) in [6, 6.07) is 8.24. The van der Waals surface area contributed by atoms with Gasteiger partial charge < -0.3 is 5.32 Å². The smallest absolute Gasteiger partial charge is 0.0484 e. The molecule has 0 aliphatic rings. The Balaban J connectivity index is 2.24. The molecule has 1 rings (SSSR count). The second-order valence-corrected chi connectivity index (χ2v) is 6.57. The molecule has 0 spiro atoms. The van der Waals surface area contributed by atoms with Crippen LogP contribution in [0.2, 0.25) is 0 Å². The van der Waals surface area contributed by atoms with E-state index in [4.69, 9.17) is 0 Å². The van der Waals surface area contributed by atoms with Gasteiger partial charge in [0.05, 0.1) is 0 Å². The van der Waals surface area contributed by atoms with Gasteiger partial charge in [-0.1, -0.05) is 32.9 Å². The Morgan fingerprint density at radius 1 is 1.25 bits per heavy atom. The van der Waals surface area contributed by atoms with Crippen molar-refractivity contribution < 1.29 is 0 Å². The van der Waals surface area contributed by atoms with Gasteiger partial charge in [-0.3, -0.25) is 0 Å². The van der Waals surface area contributed by atoms with E-state index in [0.29, 0.717) is 0 Å². The highest BCUT2D eigenvalue weighted by molar-refractivity contribution is 9.10. The fraction of sp³-hybridized carbons (Fsp3) is 0.538. The Hall–Kier alpha value is -0.150. The fourth-order valence-electron chi connectivity index (χ4n) is 1.23. The maximum atomic E-state index is 3.53. The number of thioether (sulfide) groups is 1. The first-order valence-corrected chi connectivity index (χ1v) is 7.55. The summed E-state index contributed by atoms with van der Waals surface area (Å²) in [5.41, 5.74) is 1.18. The van der Waals surface area contributed by atoms with Crippen molar-refractivity contribution in [1.29, 1.82) is 0 Å². The van der Waals surface area contributed by atoms with Crippen LogP contribution in [0, 0.1) is 5.92 Å². The Kier molecular flexibility index (Phi) is 6.29. The zero-order valence-corrected chi connectivity index (χ0v) is 12.6. The fourth-order valence-corrected chi connectivity index (χ4v) is 2.63. The van der Waals surface area contributed by atoms with Crippen molar-refractivity contribution in [2.24, 2.45) is 5.92 Å². The average molecular weight is 302 g/mol. The summed E-state index contributed by atoms with van der Waals surface area (Å²) in [7, 11) is 0. The minimum absolute atomic E-state index is 0.737. The van der Waals surface area contributed by atoms with Crippen LogP contribution in [0.5, 0.6) is 0 Å². The van der Waals surface area contributed by atoms with Crippen molar-refractivity contribution >= 4 is 33.4 Å². The molecule has 0 aliphatic heterocycles. The van der Waals surface area contributed by atoms with Crippen molar-refractivity contribution in [3.05, 3.63) is 28.7 Å². The van der Waals surface area contributed by atoms with Crippen LogP contribution in [0.4, 0.5) is 5.69 Å². The number of nitrogens with one attached hydrogen (secondary N) is 1. The molecule has 16 heavy (non-hydrogen) atoms. The average Bonchev–Trinajstić information content (AvgIpc) is 2.26. The first-order valence-electron chi connectivity index (χ1n) is 5.71. The number of rotatable bonds is 6. The number of anilines is 1. The molecule has 0 heterocycles. The van der Waals surface area contributed by atoms with Crippen molar-refractivity contribution in [3.8, 4) is 0 Å². The molecule has 0 aromatic heterocycles. The summed E-state index contributed by atoms with van der Waals surface area (Å²) in [6.07, 6.45) is 0. The highest BCUT2D eigenvalue weighted by Gasteiger charge is 2.06. The first-order chi connectivity index (χ1) is 7.61. The Morgan fingerprint density at radius 2 is 1.94 bits per heavy atom. The number of hydrogen-bond acceptors (Lipinski definition) is 2. The van der Waals surface area contributed by atoms with Crippen LogP contribution in [-0.4, -0.2) is 17.5 Å². The maximum absolute atomic E-state index is 3.53. The van der Waals surface area contributed by atoms with Crippen molar-refractivity contribution in [1.82, 2.24) is 0 Å². The monoisotopic (exact) mass is 301 g/mol. The van der Waals surface area contributed by atoms with Crippen LogP contribution in [0.3, 0.4) is 0 Å². The maximum Gasteiger partial charge on any atom is 0.0484 e. The third-order valence-corrected chi connectivity index (χ3v) is 4.81. The highest BCUT2D eigenvalue weighted by Crippen LogP contribution is 2.22. The zero-order valence-electron chi connectivity index (χ0n) is 10.2. The molecular weight excluding hydrogens is 282 g/mol.